The van der Waals surface area contributed by atoms with Crippen molar-refractivity contribution in [3.8, 4) is 0 Å². The van der Waals surface area contributed by atoms with Gasteiger partial charge in [0.05, 0.1) is 29.9 Å². The van der Waals surface area contributed by atoms with Gasteiger partial charge in [0.1, 0.15) is 0 Å². The van der Waals surface area contributed by atoms with Gasteiger partial charge in [-0.25, -0.2) is 4.98 Å². The molecule has 2 aromatic carbocycles. The lowest BCUT2D eigenvalue weighted by atomic mass is 9.92. The van der Waals surface area contributed by atoms with Crippen LogP contribution in [0.15, 0.2) is 72.9 Å². The maximum absolute atomic E-state index is 13.7. The number of amides is 3. The number of nitrogens with zero attached hydrogens (tertiary/aromatic N) is 4. The molecule has 0 aliphatic carbocycles. The summed E-state index contributed by atoms with van der Waals surface area (Å²) in [6, 6.07) is 20.6. The topological polar surface area (TPSA) is 85.8 Å². The molecule has 0 bridgehead atoms. The van der Waals surface area contributed by atoms with Gasteiger partial charge in [-0.2, -0.15) is 0 Å². The Balaban J connectivity index is 1.13. The summed E-state index contributed by atoms with van der Waals surface area (Å²) in [5.74, 6) is 0.882. The third-order valence-electron chi connectivity index (χ3n) is 7.92. The lowest BCUT2D eigenvalue weighted by Gasteiger charge is -2.33. The van der Waals surface area contributed by atoms with Crippen molar-refractivity contribution in [2.24, 2.45) is 5.92 Å². The Labute approximate surface area is 236 Å². The number of rotatable bonds is 9. The summed E-state index contributed by atoms with van der Waals surface area (Å²) in [5, 5.41) is 2.89. The van der Waals surface area contributed by atoms with Crippen LogP contribution in [-0.4, -0.2) is 65.2 Å². The first-order valence-corrected chi connectivity index (χ1v) is 14.3. The molecule has 0 atom stereocenters. The van der Waals surface area contributed by atoms with Gasteiger partial charge in [0.25, 0.3) is 5.91 Å². The number of benzene rings is 2. The lowest BCUT2D eigenvalue weighted by molar-refractivity contribution is -0.130. The van der Waals surface area contributed by atoms with Gasteiger partial charge in [0.2, 0.25) is 11.8 Å². The van der Waals surface area contributed by atoms with Crippen LogP contribution in [0, 0.1) is 5.92 Å². The van der Waals surface area contributed by atoms with Crippen LogP contribution in [0.1, 0.15) is 48.5 Å². The fourth-order valence-electron chi connectivity index (χ4n) is 5.70. The molecule has 0 radical (unpaired) electrons. The van der Waals surface area contributed by atoms with Crippen LogP contribution in [0.25, 0.3) is 0 Å². The zero-order valence-electron chi connectivity index (χ0n) is 23.1. The number of likely N-dealkylation sites (N-methyl/N-ethyl adjacent to an activating group) is 1. The van der Waals surface area contributed by atoms with E-state index in [-0.39, 0.29) is 24.3 Å². The molecular formula is C32H37N5O3. The van der Waals surface area contributed by atoms with Crippen molar-refractivity contribution < 1.29 is 14.4 Å². The summed E-state index contributed by atoms with van der Waals surface area (Å²) >= 11 is 0. The molecule has 1 aromatic heterocycles. The third-order valence-corrected chi connectivity index (χ3v) is 7.92. The quantitative estimate of drug-likeness (QED) is 0.418. The number of carbonyl (C=O) groups is 3. The Bertz CT molecular complexity index is 1340. The highest BCUT2D eigenvalue weighted by molar-refractivity contribution is 6.17. The van der Waals surface area contributed by atoms with Crippen LogP contribution >= 0.6 is 0 Å². The Hall–Kier alpha value is -4.04. The molecule has 3 amide bonds. The Morgan fingerprint density at radius 3 is 2.52 bits per heavy atom. The molecule has 5 rings (SSSR count). The second-order valence-electron chi connectivity index (χ2n) is 10.6. The van der Waals surface area contributed by atoms with Crippen molar-refractivity contribution in [2.45, 2.75) is 39.0 Å². The number of hydrogen-bond acceptors (Lipinski definition) is 5. The molecule has 8 nitrogen and oxygen atoms in total. The van der Waals surface area contributed by atoms with Crippen LogP contribution in [0.4, 0.5) is 17.2 Å². The molecule has 0 saturated carbocycles. The van der Waals surface area contributed by atoms with Crippen molar-refractivity contribution in [2.75, 3.05) is 42.9 Å². The molecule has 1 fully saturated rings. The monoisotopic (exact) mass is 539 g/mol. The fraction of sp³-hybridized carbons (Fsp3) is 0.375. The highest BCUT2D eigenvalue weighted by atomic mass is 16.2. The number of anilines is 3. The number of para-hydroxylation sites is 1. The molecule has 3 heterocycles. The Morgan fingerprint density at radius 1 is 1.00 bits per heavy atom. The summed E-state index contributed by atoms with van der Waals surface area (Å²) < 4.78 is 0. The van der Waals surface area contributed by atoms with Gasteiger partial charge in [0, 0.05) is 19.3 Å². The first-order chi connectivity index (χ1) is 19.5. The number of carbonyl (C=O) groups excluding carboxylic acids is 3. The molecule has 1 N–H and O–H groups in total. The van der Waals surface area contributed by atoms with Gasteiger partial charge in [0.15, 0.2) is 5.82 Å². The van der Waals surface area contributed by atoms with Gasteiger partial charge < -0.3 is 10.2 Å². The minimum Gasteiger partial charge on any atom is -0.343 e. The maximum atomic E-state index is 13.7. The molecule has 3 aromatic rings. The molecule has 8 heteroatoms. The zero-order chi connectivity index (χ0) is 27.9. The van der Waals surface area contributed by atoms with E-state index in [1.54, 1.807) is 41.4 Å². The van der Waals surface area contributed by atoms with Gasteiger partial charge >= 0.3 is 0 Å². The van der Waals surface area contributed by atoms with Gasteiger partial charge in [-0.15, -0.1) is 0 Å². The van der Waals surface area contributed by atoms with Crippen molar-refractivity contribution in [1.82, 2.24) is 14.8 Å². The second kappa shape index (κ2) is 12.9. The highest BCUT2D eigenvalue weighted by Crippen LogP contribution is 2.36. The van der Waals surface area contributed by atoms with Crippen molar-refractivity contribution in [3.63, 3.8) is 0 Å². The van der Waals surface area contributed by atoms with Crippen LogP contribution < -0.4 is 10.2 Å². The molecule has 40 heavy (non-hydrogen) atoms. The standard InChI is InChI=1S/C32H37N5O3/c1-2-36(29(38)22-25-10-4-3-5-11-25)19-9-12-24-16-20-35(21-17-24)23-30(39)37-28-15-7-6-13-26(28)32(40)34-27-14-8-18-33-31(27)37/h3-8,10-11,13-15,18,24H,2,9,12,16-17,19-23H2,1H3,(H,34,40). The zero-order valence-corrected chi connectivity index (χ0v) is 23.1. The molecule has 0 unspecified atom stereocenters. The SMILES string of the molecule is CCN(CCCC1CCN(CC(=O)N2c3ccccc3C(=O)Nc3cccnc32)CC1)C(=O)Cc1ccccc1. The number of aromatic nitrogens is 1. The number of fused-ring (bicyclic) bond motifs is 2. The summed E-state index contributed by atoms with van der Waals surface area (Å²) in [5.41, 5.74) is 2.59. The largest absolute Gasteiger partial charge is 0.343 e. The van der Waals surface area contributed by atoms with E-state index in [9.17, 15) is 14.4 Å². The molecule has 2 aliphatic rings. The van der Waals surface area contributed by atoms with Crippen LogP contribution in [0.5, 0.6) is 0 Å². The number of pyridine rings is 1. The van der Waals surface area contributed by atoms with Crippen LogP contribution in [0.2, 0.25) is 0 Å². The summed E-state index contributed by atoms with van der Waals surface area (Å²) in [4.78, 5) is 49.5. The number of likely N-dealkylation sites (tertiary alicyclic amines) is 1. The molecule has 2 aliphatic heterocycles. The first kappa shape index (κ1) is 27.5. The smallest absolute Gasteiger partial charge is 0.257 e. The Kier molecular flexibility index (Phi) is 8.86. The summed E-state index contributed by atoms with van der Waals surface area (Å²) in [7, 11) is 0. The average molecular weight is 540 g/mol. The van der Waals surface area contributed by atoms with E-state index in [0.717, 1.165) is 57.4 Å². The van der Waals surface area contributed by atoms with E-state index in [1.807, 2.05) is 48.2 Å². The number of nitrogens with one attached hydrogen (secondary N) is 1. The van der Waals surface area contributed by atoms with E-state index in [2.05, 4.69) is 15.2 Å². The average Bonchev–Trinajstić information content (AvgIpc) is 3.10. The molecule has 0 spiro atoms. The van der Waals surface area contributed by atoms with Crippen LogP contribution in [-0.2, 0) is 16.0 Å². The highest BCUT2D eigenvalue weighted by Gasteiger charge is 2.31. The maximum Gasteiger partial charge on any atom is 0.257 e. The first-order valence-electron chi connectivity index (χ1n) is 14.3. The van der Waals surface area contributed by atoms with Crippen molar-refractivity contribution >= 4 is 34.9 Å². The van der Waals surface area contributed by atoms with E-state index in [0.29, 0.717) is 35.1 Å². The van der Waals surface area contributed by atoms with Gasteiger partial charge in [-0.1, -0.05) is 42.5 Å². The predicted octanol–water partition coefficient (Wildman–Crippen LogP) is 4.90. The van der Waals surface area contributed by atoms with Crippen molar-refractivity contribution in [1.29, 1.82) is 0 Å². The second-order valence-corrected chi connectivity index (χ2v) is 10.6. The van der Waals surface area contributed by atoms with E-state index in [4.69, 9.17) is 0 Å². The molecule has 1 saturated heterocycles. The minimum absolute atomic E-state index is 0.0992. The molecule has 208 valence electrons. The third kappa shape index (κ3) is 6.39. The molecular weight excluding hydrogens is 502 g/mol. The Morgan fingerprint density at radius 2 is 1.75 bits per heavy atom. The van der Waals surface area contributed by atoms with E-state index in [1.165, 1.54) is 0 Å². The van der Waals surface area contributed by atoms with Gasteiger partial charge in [-0.3, -0.25) is 24.2 Å². The number of piperidine rings is 1. The minimum atomic E-state index is -0.246. The number of hydrogen-bond donors (Lipinski definition) is 1. The fourth-order valence-corrected chi connectivity index (χ4v) is 5.70. The van der Waals surface area contributed by atoms with E-state index < -0.39 is 0 Å². The predicted molar refractivity (Wildman–Crippen MR) is 157 cm³/mol. The van der Waals surface area contributed by atoms with E-state index >= 15 is 0 Å². The normalized spacial score (nSPS) is 15.5. The van der Waals surface area contributed by atoms with Gasteiger partial charge in [-0.05, 0) is 81.4 Å². The summed E-state index contributed by atoms with van der Waals surface area (Å²) in [6.45, 7) is 5.52. The van der Waals surface area contributed by atoms with Crippen molar-refractivity contribution in [3.05, 3.63) is 84.1 Å². The lowest BCUT2D eigenvalue weighted by Crippen LogP contribution is -2.42. The summed E-state index contributed by atoms with van der Waals surface area (Å²) in [6.07, 6.45) is 6.23. The van der Waals surface area contributed by atoms with Crippen LogP contribution in [0.3, 0.4) is 0 Å².